The minimum absolute atomic E-state index is 0.0374. The molecular weight excluding hydrogens is 359 g/mol. The normalized spacial score (nSPS) is 27.5. The Morgan fingerprint density at radius 2 is 1.96 bits per heavy atom. The molecule has 2 heterocycles. The third-order valence-electron chi connectivity index (χ3n) is 6.34. The maximum Gasteiger partial charge on any atom is 0.406 e. The van der Waals surface area contributed by atoms with Crippen molar-refractivity contribution in [1.29, 1.82) is 0 Å². The quantitative estimate of drug-likeness (QED) is 0.786. The number of hydrogen-bond donors (Lipinski definition) is 1. The Morgan fingerprint density at radius 3 is 2.59 bits per heavy atom. The van der Waals surface area contributed by atoms with Gasteiger partial charge >= 0.3 is 6.18 Å². The lowest BCUT2D eigenvalue weighted by Gasteiger charge is -2.36. The number of hydrogen-bond acceptors (Lipinski definition) is 3. The van der Waals surface area contributed by atoms with E-state index in [0.29, 0.717) is 25.8 Å². The molecule has 154 valence electrons. The van der Waals surface area contributed by atoms with Gasteiger partial charge in [0.25, 0.3) is 0 Å². The zero-order valence-electron chi connectivity index (χ0n) is 16.0. The molecule has 1 saturated carbocycles. The standard InChI is InChI=1S/C19H30F3N3O2/c1-2-9-25(13-19(20,21)22)16(26)14-4-3-10-24(12-14)17(27)15-11-18(15)5-7-23-8-6-18/h14-15,23H,2-13H2,1H3. The molecule has 1 aliphatic carbocycles. The Hall–Kier alpha value is -1.31. The van der Waals surface area contributed by atoms with E-state index in [0.717, 1.165) is 37.3 Å². The minimum Gasteiger partial charge on any atom is -0.342 e. The molecule has 1 spiro atoms. The van der Waals surface area contributed by atoms with Crippen LogP contribution in [-0.4, -0.2) is 67.1 Å². The average Bonchev–Trinajstić information content (AvgIpc) is 3.32. The van der Waals surface area contributed by atoms with E-state index in [1.165, 1.54) is 0 Å². The summed E-state index contributed by atoms with van der Waals surface area (Å²) >= 11 is 0. The molecule has 0 bridgehead atoms. The van der Waals surface area contributed by atoms with E-state index >= 15 is 0 Å². The molecule has 2 amide bonds. The Morgan fingerprint density at radius 1 is 1.26 bits per heavy atom. The van der Waals surface area contributed by atoms with Crippen LogP contribution in [0.3, 0.4) is 0 Å². The highest BCUT2D eigenvalue weighted by Gasteiger charge is 2.58. The second-order valence-electron chi connectivity index (χ2n) is 8.37. The van der Waals surface area contributed by atoms with Crippen LogP contribution in [0.2, 0.25) is 0 Å². The lowest BCUT2D eigenvalue weighted by molar-refractivity contribution is -0.165. The van der Waals surface area contributed by atoms with Gasteiger partial charge in [0.2, 0.25) is 11.8 Å². The minimum atomic E-state index is -4.40. The Balaban J connectivity index is 1.59. The van der Waals surface area contributed by atoms with E-state index in [1.54, 1.807) is 11.8 Å². The molecule has 8 heteroatoms. The van der Waals surface area contributed by atoms with Gasteiger partial charge in [0, 0.05) is 25.6 Å². The van der Waals surface area contributed by atoms with Crippen LogP contribution in [0.5, 0.6) is 0 Å². The number of carbonyl (C=O) groups is 2. The summed E-state index contributed by atoms with van der Waals surface area (Å²) in [5.41, 5.74) is 0.129. The number of nitrogens with one attached hydrogen (secondary N) is 1. The molecule has 3 fully saturated rings. The molecule has 0 radical (unpaired) electrons. The Kier molecular flexibility index (Phi) is 6.03. The lowest BCUT2D eigenvalue weighted by atomic mass is 9.90. The van der Waals surface area contributed by atoms with Crippen molar-refractivity contribution in [2.75, 3.05) is 39.3 Å². The first-order valence-electron chi connectivity index (χ1n) is 10.1. The number of rotatable bonds is 5. The fourth-order valence-electron chi connectivity index (χ4n) is 4.79. The molecule has 0 aromatic heterocycles. The van der Waals surface area contributed by atoms with Crippen LogP contribution < -0.4 is 5.32 Å². The van der Waals surface area contributed by atoms with E-state index in [1.807, 2.05) is 0 Å². The largest absolute Gasteiger partial charge is 0.406 e. The number of halogens is 3. The van der Waals surface area contributed by atoms with Gasteiger partial charge in [0.1, 0.15) is 6.54 Å². The van der Waals surface area contributed by atoms with Crippen LogP contribution in [0.4, 0.5) is 13.2 Å². The number of carbonyl (C=O) groups excluding carboxylic acids is 2. The summed E-state index contributed by atoms with van der Waals surface area (Å²) in [6.07, 6.45) is 0.250. The van der Waals surface area contributed by atoms with Crippen molar-refractivity contribution in [3.8, 4) is 0 Å². The third kappa shape index (κ3) is 4.76. The highest BCUT2D eigenvalue weighted by molar-refractivity contribution is 5.84. The van der Waals surface area contributed by atoms with Crippen molar-refractivity contribution in [3.05, 3.63) is 0 Å². The number of alkyl halides is 3. The first-order chi connectivity index (χ1) is 12.8. The van der Waals surface area contributed by atoms with Crippen molar-refractivity contribution >= 4 is 11.8 Å². The molecule has 2 atom stereocenters. The topological polar surface area (TPSA) is 52.7 Å². The molecule has 2 aliphatic heterocycles. The SMILES string of the molecule is CCCN(CC(F)(F)F)C(=O)C1CCCN(C(=O)C2CC23CCNCC3)C1. The fraction of sp³-hybridized carbons (Fsp3) is 0.895. The van der Waals surface area contributed by atoms with Gasteiger partial charge in [-0.05, 0) is 57.0 Å². The van der Waals surface area contributed by atoms with Gasteiger partial charge in [-0.3, -0.25) is 9.59 Å². The molecule has 27 heavy (non-hydrogen) atoms. The smallest absolute Gasteiger partial charge is 0.342 e. The average molecular weight is 389 g/mol. The molecule has 3 rings (SSSR count). The van der Waals surface area contributed by atoms with E-state index in [4.69, 9.17) is 0 Å². The summed E-state index contributed by atoms with van der Waals surface area (Å²) in [6.45, 7) is 3.41. The zero-order chi connectivity index (χ0) is 19.7. The molecule has 1 N–H and O–H groups in total. The van der Waals surface area contributed by atoms with Gasteiger partial charge in [-0.2, -0.15) is 13.2 Å². The van der Waals surface area contributed by atoms with Gasteiger partial charge < -0.3 is 15.1 Å². The summed E-state index contributed by atoms with van der Waals surface area (Å²) in [6, 6.07) is 0. The van der Waals surface area contributed by atoms with Gasteiger partial charge in [-0.1, -0.05) is 6.92 Å². The van der Waals surface area contributed by atoms with Crippen molar-refractivity contribution in [3.63, 3.8) is 0 Å². The van der Waals surface area contributed by atoms with Crippen LogP contribution in [0, 0.1) is 17.3 Å². The second kappa shape index (κ2) is 7.97. The van der Waals surface area contributed by atoms with Gasteiger partial charge in [0.15, 0.2) is 0 Å². The third-order valence-corrected chi connectivity index (χ3v) is 6.34. The van der Waals surface area contributed by atoms with Crippen LogP contribution >= 0.6 is 0 Å². The zero-order valence-corrected chi connectivity index (χ0v) is 16.0. The molecule has 2 saturated heterocycles. The van der Waals surface area contributed by atoms with Crippen LogP contribution in [0.25, 0.3) is 0 Å². The molecule has 0 aromatic rings. The Bertz CT molecular complexity index is 561. The van der Waals surface area contributed by atoms with Crippen molar-refractivity contribution in [1.82, 2.24) is 15.1 Å². The molecule has 0 aromatic carbocycles. The van der Waals surface area contributed by atoms with Crippen molar-refractivity contribution < 1.29 is 22.8 Å². The second-order valence-corrected chi connectivity index (χ2v) is 8.37. The molecule has 2 unspecified atom stereocenters. The number of piperidine rings is 2. The predicted molar refractivity (Wildman–Crippen MR) is 94.9 cm³/mol. The maximum absolute atomic E-state index is 12.9. The molecule has 3 aliphatic rings. The van der Waals surface area contributed by atoms with Crippen LogP contribution in [0.15, 0.2) is 0 Å². The van der Waals surface area contributed by atoms with Gasteiger partial charge in [-0.15, -0.1) is 0 Å². The van der Waals surface area contributed by atoms with Gasteiger partial charge in [0.05, 0.1) is 5.92 Å². The van der Waals surface area contributed by atoms with Crippen molar-refractivity contribution in [2.45, 2.75) is 51.6 Å². The van der Waals surface area contributed by atoms with E-state index in [9.17, 15) is 22.8 Å². The summed E-state index contributed by atoms with van der Waals surface area (Å²) in [5, 5.41) is 3.32. The first-order valence-corrected chi connectivity index (χ1v) is 10.1. The Labute approximate surface area is 158 Å². The fourth-order valence-corrected chi connectivity index (χ4v) is 4.79. The van der Waals surface area contributed by atoms with Crippen molar-refractivity contribution in [2.24, 2.45) is 17.3 Å². The monoisotopic (exact) mass is 389 g/mol. The van der Waals surface area contributed by atoms with Gasteiger partial charge in [-0.25, -0.2) is 0 Å². The van der Waals surface area contributed by atoms with E-state index in [2.05, 4.69) is 5.32 Å². The lowest BCUT2D eigenvalue weighted by Crippen LogP contribution is -2.49. The highest BCUT2D eigenvalue weighted by Crippen LogP contribution is 2.59. The predicted octanol–water partition coefficient (Wildman–Crippen LogP) is 2.42. The summed E-state index contributed by atoms with van der Waals surface area (Å²) in [4.78, 5) is 28.3. The van der Waals surface area contributed by atoms with E-state index in [-0.39, 0.29) is 30.3 Å². The first kappa shape index (κ1) is 20.4. The molecule has 5 nitrogen and oxygen atoms in total. The van der Waals surface area contributed by atoms with Crippen LogP contribution in [0.1, 0.15) is 45.4 Å². The molecular formula is C19H30F3N3O2. The summed E-state index contributed by atoms with van der Waals surface area (Å²) in [7, 11) is 0. The number of nitrogens with zero attached hydrogens (tertiary/aromatic N) is 2. The number of likely N-dealkylation sites (tertiary alicyclic amines) is 1. The van der Waals surface area contributed by atoms with E-state index < -0.39 is 24.5 Å². The highest BCUT2D eigenvalue weighted by atomic mass is 19.4. The summed E-state index contributed by atoms with van der Waals surface area (Å²) < 4.78 is 38.4. The number of amides is 2. The van der Waals surface area contributed by atoms with Crippen LogP contribution in [-0.2, 0) is 9.59 Å². The maximum atomic E-state index is 12.9. The summed E-state index contributed by atoms with van der Waals surface area (Å²) in [5.74, 6) is -0.832.